The molecule has 39 heavy (non-hydrogen) atoms. The number of aromatic carboxylic acids is 1. The highest BCUT2D eigenvalue weighted by atomic mass is 16.4. The van der Waals surface area contributed by atoms with Crippen LogP contribution >= 0.6 is 0 Å². The molecular weight excluding hydrogens is 496 g/mol. The number of carboxylic acids is 1. The first-order chi connectivity index (χ1) is 18.7. The Hall–Kier alpha value is -4.57. The van der Waals surface area contributed by atoms with Gasteiger partial charge in [-0.25, -0.2) is 14.3 Å². The molecule has 0 bridgehead atoms. The standard InChI is InChI=1S/C29H28N6O4/c1-15-10-19(11-20-13-34(14-22(15)20)16(2)17-6-7-17)25(36)23-8-9-35-27(32-23)24(26(30)33-35)28(37)31-21-5-3-4-18(12-21)29(38)39/h3-5,8-12,16-17H,6-7,13-14H2,1-2H3,(H2,30,33)(H,31,37)(H,38,39). The van der Waals surface area contributed by atoms with Crippen molar-refractivity contribution in [1.82, 2.24) is 19.5 Å². The van der Waals surface area contributed by atoms with Crippen LogP contribution < -0.4 is 11.1 Å². The number of carbonyl (C=O) groups excluding carboxylic acids is 2. The van der Waals surface area contributed by atoms with Crippen LogP contribution in [0.25, 0.3) is 5.65 Å². The lowest BCUT2D eigenvalue weighted by Gasteiger charge is -2.23. The van der Waals surface area contributed by atoms with Crippen molar-refractivity contribution in [3.8, 4) is 0 Å². The third kappa shape index (κ3) is 4.52. The maximum atomic E-state index is 13.6. The van der Waals surface area contributed by atoms with Crippen molar-refractivity contribution < 1.29 is 19.5 Å². The number of hydrogen-bond donors (Lipinski definition) is 3. The second-order valence-electron chi connectivity index (χ2n) is 10.4. The van der Waals surface area contributed by atoms with E-state index in [4.69, 9.17) is 5.73 Å². The van der Waals surface area contributed by atoms with Crippen molar-refractivity contribution in [3.05, 3.63) is 87.7 Å². The summed E-state index contributed by atoms with van der Waals surface area (Å²) in [7, 11) is 0. The van der Waals surface area contributed by atoms with E-state index in [0.29, 0.717) is 11.6 Å². The van der Waals surface area contributed by atoms with Crippen molar-refractivity contribution in [3.63, 3.8) is 0 Å². The van der Waals surface area contributed by atoms with E-state index in [1.54, 1.807) is 18.3 Å². The molecule has 3 heterocycles. The van der Waals surface area contributed by atoms with E-state index in [1.807, 2.05) is 19.1 Å². The summed E-state index contributed by atoms with van der Waals surface area (Å²) in [5, 5.41) is 16.0. The topological polar surface area (TPSA) is 143 Å². The van der Waals surface area contributed by atoms with E-state index in [-0.39, 0.29) is 39.8 Å². The summed E-state index contributed by atoms with van der Waals surface area (Å²) >= 11 is 0. The minimum atomic E-state index is -1.11. The second kappa shape index (κ2) is 9.32. The maximum absolute atomic E-state index is 13.6. The lowest BCUT2D eigenvalue weighted by Crippen LogP contribution is -2.29. The van der Waals surface area contributed by atoms with Gasteiger partial charge in [-0.1, -0.05) is 6.07 Å². The second-order valence-corrected chi connectivity index (χ2v) is 10.4. The first-order valence-electron chi connectivity index (χ1n) is 12.9. The summed E-state index contributed by atoms with van der Waals surface area (Å²) in [6, 6.07) is 11.8. The largest absolute Gasteiger partial charge is 0.478 e. The Morgan fingerprint density at radius 1 is 1.10 bits per heavy atom. The molecule has 1 saturated carbocycles. The van der Waals surface area contributed by atoms with Gasteiger partial charge in [-0.2, -0.15) is 0 Å². The molecule has 1 aliphatic carbocycles. The summed E-state index contributed by atoms with van der Waals surface area (Å²) in [5.74, 6) is -1.26. The summed E-state index contributed by atoms with van der Waals surface area (Å²) < 4.78 is 1.35. The zero-order valence-electron chi connectivity index (χ0n) is 21.6. The molecule has 1 aliphatic heterocycles. The van der Waals surface area contributed by atoms with Crippen LogP contribution in [0.3, 0.4) is 0 Å². The Morgan fingerprint density at radius 3 is 2.64 bits per heavy atom. The Balaban J connectivity index is 1.29. The number of hydrogen-bond acceptors (Lipinski definition) is 7. The summed E-state index contributed by atoms with van der Waals surface area (Å²) in [4.78, 5) is 44.9. The highest BCUT2D eigenvalue weighted by Crippen LogP contribution is 2.39. The molecule has 0 saturated heterocycles. The van der Waals surface area contributed by atoms with Gasteiger partial charge in [0.15, 0.2) is 11.5 Å². The predicted octanol–water partition coefficient (Wildman–Crippen LogP) is 3.92. The number of amides is 1. The normalized spacial score (nSPS) is 15.7. The number of carbonyl (C=O) groups is 3. The van der Waals surface area contributed by atoms with Crippen LogP contribution in [0.2, 0.25) is 0 Å². The fourth-order valence-electron chi connectivity index (χ4n) is 5.39. The Morgan fingerprint density at radius 2 is 1.90 bits per heavy atom. The van der Waals surface area contributed by atoms with Crippen molar-refractivity contribution in [2.75, 3.05) is 11.1 Å². The van der Waals surface area contributed by atoms with Crippen LogP contribution in [0.15, 0.2) is 48.7 Å². The molecule has 1 atom stereocenters. The molecule has 10 heteroatoms. The van der Waals surface area contributed by atoms with Gasteiger partial charge >= 0.3 is 5.97 Å². The Bertz CT molecular complexity index is 1670. The lowest BCUT2D eigenvalue weighted by atomic mass is 9.97. The number of benzene rings is 2. The van der Waals surface area contributed by atoms with Crippen LogP contribution in [-0.2, 0) is 13.1 Å². The van der Waals surface area contributed by atoms with Gasteiger partial charge in [0.05, 0.1) is 5.56 Å². The highest BCUT2D eigenvalue weighted by Gasteiger charge is 2.35. The average molecular weight is 525 g/mol. The number of nitrogens with zero attached hydrogens (tertiary/aromatic N) is 4. The van der Waals surface area contributed by atoms with Gasteiger partial charge in [0.25, 0.3) is 5.91 Å². The van der Waals surface area contributed by atoms with E-state index in [1.165, 1.54) is 46.7 Å². The van der Waals surface area contributed by atoms with Crippen molar-refractivity contribution >= 4 is 34.8 Å². The number of aryl methyl sites for hydroxylation is 1. The minimum Gasteiger partial charge on any atom is -0.478 e. The van der Waals surface area contributed by atoms with Gasteiger partial charge in [-0.05, 0) is 85.7 Å². The van der Waals surface area contributed by atoms with Crippen LogP contribution in [0.4, 0.5) is 11.5 Å². The molecule has 10 nitrogen and oxygen atoms in total. The lowest BCUT2D eigenvalue weighted by molar-refractivity contribution is 0.0696. The molecule has 0 radical (unpaired) electrons. The van der Waals surface area contributed by atoms with Crippen molar-refractivity contribution in [2.24, 2.45) is 5.92 Å². The first-order valence-corrected chi connectivity index (χ1v) is 12.9. The highest BCUT2D eigenvalue weighted by molar-refractivity contribution is 6.13. The van der Waals surface area contributed by atoms with E-state index in [9.17, 15) is 19.5 Å². The first kappa shape index (κ1) is 24.7. The summed E-state index contributed by atoms with van der Waals surface area (Å²) in [6.45, 7) is 6.06. The Labute approximate surface area is 224 Å². The molecule has 2 aliphatic rings. The number of ketones is 1. The van der Waals surface area contributed by atoms with Gasteiger partial charge in [-0.15, -0.1) is 5.10 Å². The monoisotopic (exact) mass is 524 g/mol. The fraction of sp³-hybridized carbons (Fsp3) is 0.276. The van der Waals surface area contributed by atoms with Gasteiger partial charge in [0, 0.05) is 36.6 Å². The average Bonchev–Trinajstić information content (AvgIpc) is 3.58. The number of aromatic nitrogens is 3. The summed E-state index contributed by atoms with van der Waals surface area (Å²) in [6.07, 6.45) is 4.13. The molecule has 4 aromatic rings. The zero-order chi connectivity index (χ0) is 27.4. The van der Waals surface area contributed by atoms with E-state index < -0.39 is 11.9 Å². The number of carboxylic acid groups (broad SMARTS) is 1. The fourth-order valence-corrected chi connectivity index (χ4v) is 5.39. The maximum Gasteiger partial charge on any atom is 0.335 e. The third-order valence-corrected chi connectivity index (χ3v) is 7.78. The van der Waals surface area contributed by atoms with Crippen LogP contribution in [0.1, 0.15) is 73.2 Å². The molecule has 6 rings (SSSR count). The zero-order valence-corrected chi connectivity index (χ0v) is 21.6. The van der Waals surface area contributed by atoms with E-state index in [0.717, 1.165) is 24.6 Å². The third-order valence-electron chi connectivity index (χ3n) is 7.78. The van der Waals surface area contributed by atoms with Gasteiger partial charge < -0.3 is 16.2 Å². The van der Waals surface area contributed by atoms with Gasteiger partial charge in [0.1, 0.15) is 11.3 Å². The molecule has 1 amide bonds. The molecular formula is C29H28N6O4. The minimum absolute atomic E-state index is 0.000201. The molecule has 2 aromatic heterocycles. The van der Waals surface area contributed by atoms with Crippen LogP contribution in [0.5, 0.6) is 0 Å². The molecule has 1 unspecified atom stereocenters. The Kier molecular flexibility index (Phi) is 5.91. The smallest absolute Gasteiger partial charge is 0.335 e. The van der Waals surface area contributed by atoms with Crippen LogP contribution in [0, 0.1) is 12.8 Å². The summed E-state index contributed by atoms with van der Waals surface area (Å²) in [5.41, 5.74) is 10.8. The molecule has 2 aromatic carbocycles. The molecule has 0 spiro atoms. The van der Waals surface area contributed by atoms with Gasteiger partial charge in [0.2, 0.25) is 5.78 Å². The number of nitrogens with two attached hydrogens (primary N) is 1. The van der Waals surface area contributed by atoms with E-state index >= 15 is 0 Å². The van der Waals surface area contributed by atoms with Gasteiger partial charge in [-0.3, -0.25) is 14.5 Å². The van der Waals surface area contributed by atoms with E-state index in [2.05, 4.69) is 27.2 Å². The van der Waals surface area contributed by atoms with Crippen molar-refractivity contribution in [2.45, 2.75) is 45.8 Å². The number of nitrogen functional groups attached to an aromatic ring is 1. The number of fused-ring (bicyclic) bond motifs is 2. The number of nitrogens with one attached hydrogen (secondary N) is 1. The van der Waals surface area contributed by atoms with Crippen LogP contribution in [-0.4, -0.2) is 48.3 Å². The molecule has 4 N–H and O–H groups in total. The number of rotatable bonds is 7. The molecule has 198 valence electrons. The predicted molar refractivity (Wildman–Crippen MR) is 145 cm³/mol. The number of anilines is 2. The quantitative estimate of drug-likeness (QED) is 0.309. The van der Waals surface area contributed by atoms with Crippen molar-refractivity contribution in [1.29, 1.82) is 0 Å². The SMILES string of the molecule is Cc1cc(C(=O)c2ccn3nc(N)c(C(=O)Nc4cccc(C(=O)O)c4)c3n2)cc2c1CN(C(C)C1CC1)C2. The molecule has 1 fully saturated rings.